The van der Waals surface area contributed by atoms with Crippen LogP contribution < -0.4 is 4.90 Å². The van der Waals surface area contributed by atoms with E-state index in [2.05, 4.69) is 23.8 Å². The zero-order valence-electron chi connectivity index (χ0n) is 19.1. The molecular weight excluding hydrogens is 386 g/mol. The van der Waals surface area contributed by atoms with Crippen LogP contribution in [0.15, 0.2) is 48.2 Å². The summed E-state index contributed by atoms with van der Waals surface area (Å²) >= 11 is 0. The van der Waals surface area contributed by atoms with Gasteiger partial charge in [-0.3, -0.25) is 9.59 Å². The van der Waals surface area contributed by atoms with Gasteiger partial charge in [0.1, 0.15) is 5.70 Å². The number of carbonyl (C=O) groups is 2. The number of para-hydroxylation sites is 1. The third-order valence-electron chi connectivity index (χ3n) is 6.80. The Balaban J connectivity index is 1.83. The van der Waals surface area contributed by atoms with Crippen molar-refractivity contribution in [1.82, 2.24) is 9.80 Å². The van der Waals surface area contributed by atoms with Gasteiger partial charge in [-0.2, -0.15) is 0 Å². The first-order valence-electron chi connectivity index (χ1n) is 11.0. The van der Waals surface area contributed by atoms with Crippen molar-refractivity contribution >= 4 is 23.1 Å². The largest absolute Gasteiger partial charge is 0.366 e. The number of benzene rings is 2. The Morgan fingerprint density at radius 1 is 0.871 bits per heavy atom. The van der Waals surface area contributed by atoms with Crippen LogP contribution in [0.3, 0.4) is 0 Å². The number of carbonyl (C=O) groups excluding carboxylic acids is 2. The van der Waals surface area contributed by atoms with Gasteiger partial charge in [0.05, 0.1) is 11.3 Å². The number of hydrogen-bond acceptors (Lipinski definition) is 4. The summed E-state index contributed by atoms with van der Waals surface area (Å²) in [5.41, 5.74) is 5.69. The molecule has 5 heteroatoms. The number of anilines is 1. The third kappa shape index (κ3) is 3.79. The van der Waals surface area contributed by atoms with E-state index in [4.69, 9.17) is 0 Å². The average Bonchev–Trinajstić information content (AvgIpc) is 3.01. The van der Waals surface area contributed by atoms with E-state index < -0.39 is 0 Å². The minimum atomic E-state index is -0.239. The van der Waals surface area contributed by atoms with Crippen molar-refractivity contribution in [3.05, 3.63) is 70.4 Å². The van der Waals surface area contributed by atoms with Crippen LogP contribution in [0.25, 0.3) is 5.57 Å². The first-order valence-corrected chi connectivity index (χ1v) is 11.0. The summed E-state index contributed by atoms with van der Waals surface area (Å²) in [6.45, 7) is 8.01. The Labute approximate surface area is 184 Å². The van der Waals surface area contributed by atoms with E-state index in [0.717, 1.165) is 42.6 Å². The summed E-state index contributed by atoms with van der Waals surface area (Å²) in [5.74, 6) is -0.466. The van der Waals surface area contributed by atoms with Gasteiger partial charge in [-0.1, -0.05) is 36.4 Å². The Kier molecular flexibility index (Phi) is 5.71. The van der Waals surface area contributed by atoms with Crippen LogP contribution in [0, 0.1) is 20.8 Å². The molecule has 2 aliphatic rings. The number of amides is 2. The van der Waals surface area contributed by atoms with Gasteiger partial charge in [-0.25, -0.2) is 4.90 Å². The smallest absolute Gasteiger partial charge is 0.282 e. The van der Waals surface area contributed by atoms with Crippen LogP contribution in [0.1, 0.15) is 35.1 Å². The highest BCUT2D eigenvalue weighted by Gasteiger charge is 2.43. The molecule has 4 rings (SSSR count). The zero-order valence-corrected chi connectivity index (χ0v) is 19.1. The van der Waals surface area contributed by atoms with E-state index in [1.54, 1.807) is 0 Å². The summed E-state index contributed by atoms with van der Waals surface area (Å²) in [6.07, 6.45) is 1.95. The van der Waals surface area contributed by atoms with Gasteiger partial charge in [0.25, 0.3) is 11.8 Å². The van der Waals surface area contributed by atoms with Gasteiger partial charge in [0.15, 0.2) is 0 Å². The molecule has 5 nitrogen and oxygen atoms in total. The molecule has 0 aliphatic carbocycles. The van der Waals surface area contributed by atoms with E-state index >= 15 is 0 Å². The SMILES string of the molecule is Cc1ccc(C2=C(N(C)C3CCN(C)CC3)C(=O)N(c3ccccc3C)C2=O)cc1C. The minimum absolute atomic E-state index is 0.228. The molecule has 0 radical (unpaired) electrons. The number of rotatable bonds is 4. The molecule has 0 spiro atoms. The van der Waals surface area contributed by atoms with Gasteiger partial charge in [0.2, 0.25) is 0 Å². The normalized spacial score (nSPS) is 18.3. The first-order chi connectivity index (χ1) is 14.8. The first kappa shape index (κ1) is 21.3. The molecule has 2 heterocycles. The van der Waals surface area contributed by atoms with Crippen LogP contribution in [-0.4, -0.2) is 54.8 Å². The Bertz CT molecular complexity index is 1060. The maximum Gasteiger partial charge on any atom is 0.282 e. The summed E-state index contributed by atoms with van der Waals surface area (Å²) in [4.78, 5) is 33.2. The highest BCUT2D eigenvalue weighted by atomic mass is 16.2. The third-order valence-corrected chi connectivity index (χ3v) is 6.80. The topological polar surface area (TPSA) is 43.9 Å². The summed E-state index contributed by atoms with van der Waals surface area (Å²) in [7, 11) is 4.10. The van der Waals surface area contributed by atoms with Gasteiger partial charge in [0, 0.05) is 13.1 Å². The number of imide groups is 1. The fraction of sp³-hybridized carbons (Fsp3) is 0.385. The lowest BCUT2D eigenvalue weighted by Crippen LogP contribution is -2.43. The van der Waals surface area contributed by atoms with Gasteiger partial charge < -0.3 is 9.80 Å². The number of hydrogen-bond donors (Lipinski definition) is 0. The monoisotopic (exact) mass is 417 g/mol. The predicted molar refractivity (Wildman–Crippen MR) is 125 cm³/mol. The number of aryl methyl sites for hydroxylation is 3. The lowest BCUT2D eigenvalue weighted by Gasteiger charge is -2.36. The summed E-state index contributed by atoms with van der Waals surface area (Å²) < 4.78 is 0. The average molecular weight is 418 g/mol. The van der Waals surface area contributed by atoms with Crippen molar-refractivity contribution in [3.8, 4) is 0 Å². The molecule has 1 fully saturated rings. The molecular formula is C26H31N3O2. The van der Waals surface area contributed by atoms with E-state index in [1.807, 2.05) is 63.4 Å². The fourth-order valence-corrected chi connectivity index (χ4v) is 4.60. The van der Waals surface area contributed by atoms with Crippen LogP contribution in [0.4, 0.5) is 5.69 Å². The van der Waals surface area contributed by atoms with Crippen molar-refractivity contribution in [3.63, 3.8) is 0 Å². The summed E-state index contributed by atoms with van der Waals surface area (Å²) in [5, 5.41) is 0. The fourth-order valence-electron chi connectivity index (χ4n) is 4.60. The number of likely N-dealkylation sites (N-methyl/N-ethyl adjacent to an activating group) is 1. The van der Waals surface area contributed by atoms with Gasteiger partial charge in [-0.15, -0.1) is 0 Å². The van der Waals surface area contributed by atoms with Crippen molar-refractivity contribution in [2.45, 2.75) is 39.7 Å². The molecule has 162 valence electrons. The molecule has 2 aromatic rings. The second kappa shape index (κ2) is 8.31. The number of nitrogens with zero attached hydrogens (tertiary/aromatic N) is 3. The molecule has 0 N–H and O–H groups in total. The quantitative estimate of drug-likeness (QED) is 0.708. The van der Waals surface area contributed by atoms with E-state index in [1.165, 1.54) is 10.5 Å². The minimum Gasteiger partial charge on any atom is -0.366 e. The number of likely N-dealkylation sites (tertiary alicyclic amines) is 1. The number of piperidine rings is 1. The van der Waals surface area contributed by atoms with Crippen molar-refractivity contribution in [2.75, 3.05) is 32.1 Å². The molecule has 0 atom stereocenters. The lowest BCUT2D eigenvalue weighted by molar-refractivity contribution is -0.120. The highest BCUT2D eigenvalue weighted by Crippen LogP contribution is 2.37. The molecule has 0 aromatic heterocycles. The van der Waals surface area contributed by atoms with E-state index in [9.17, 15) is 9.59 Å². The molecule has 1 saturated heterocycles. The molecule has 2 aromatic carbocycles. The Morgan fingerprint density at radius 3 is 2.19 bits per heavy atom. The molecule has 0 bridgehead atoms. The van der Waals surface area contributed by atoms with E-state index in [0.29, 0.717) is 17.0 Å². The maximum atomic E-state index is 13.7. The Morgan fingerprint density at radius 2 is 1.55 bits per heavy atom. The summed E-state index contributed by atoms with van der Waals surface area (Å²) in [6, 6.07) is 13.8. The highest BCUT2D eigenvalue weighted by molar-refractivity contribution is 6.45. The lowest BCUT2D eigenvalue weighted by atomic mass is 9.97. The zero-order chi connectivity index (χ0) is 22.3. The molecule has 2 amide bonds. The standard InChI is InChI=1S/C26H31N3O2/c1-17-10-11-20(16-19(17)3)23-24(28(5)21-12-14-27(4)15-13-21)26(31)29(25(23)30)22-9-7-6-8-18(22)2/h6-11,16,21H,12-15H2,1-5H3. The Hall–Kier alpha value is -2.92. The van der Waals surface area contributed by atoms with E-state index in [-0.39, 0.29) is 17.9 Å². The second-order valence-corrected chi connectivity index (χ2v) is 8.90. The van der Waals surface area contributed by atoms with Crippen molar-refractivity contribution < 1.29 is 9.59 Å². The van der Waals surface area contributed by atoms with Gasteiger partial charge >= 0.3 is 0 Å². The predicted octanol–water partition coefficient (Wildman–Crippen LogP) is 3.92. The van der Waals surface area contributed by atoms with Crippen molar-refractivity contribution in [2.24, 2.45) is 0 Å². The van der Waals surface area contributed by atoms with Crippen molar-refractivity contribution in [1.29, 1.82) is 0 Å². The van der Waals surface area contributed by atoms with Crippen LogP contribution >= 0.6 is 0 Å². The molecule has 0 saturated carbocycles. The molecule has 0 unspecified atom stereocenters. The van der Waals surface area contributed by atoms with Crippen LogP contribution in [-0.2, 0) is 9.59 Å². The molecule has 2 aliphatic heterocycles. The van der Waals surface area contributed by atoms with Crippen LogP contribution in [0.5, 0.6) is 0 Å². The van der Waals surface area contributed by atoms with Crippen LogP contribution in [0.2, 0.25) is 0 Å². The maximum absolute atomic E-state index is 13.7. The second-order valence-electron chi connectivity index (χ2n) is 8.90. The molecule has 31 heavy (non-hydrogen) atoms. The van der Waals surface area contributed by atoms with Gasteiger partial charge in [-0.05, 0) is 82.1 Å².